The maximum absolute atomic E-state index is 10.7. The van der Waals surface area contributed by atoms with Crippen molar-refractivity contribution >= 4 is 0 Å². The molecule has 1 atom stereocenters. The van der Waals surface area contributed by atoms with Crippen molar-refractivity contribution in [2.24, 2.45) is 23.2 Å². The second-order valence-corrected chi connectivity index (χ2v) is 11.7. The van der Waals surface area contributed by atoms with Gasteiger partial charge in [-0.05, 0) is 109 Å². The smallest absolute Gasteiger partial charge is 0.0900 e. The Morgan fingerprint density at radius 3 is 1.92 bits per heavy atom. The monoisotopic (exact) mass is 363 g/mol. The molecule has 26 heavy (non-hydrogen) atoms. The number of hydrogen-bond donors (Lipinski definition) is 1. The number of aliphatic hydroxyl groups is 1. The van der Waals surface area contributed by atoms with Crippen LogP contribution in [0.5, 0.6) is 0 Å². The Kier molecular flexibility index (Phi) is 4.98. The van der Waals surface area contributed by atoms with Gasteiger partial charge in [-0.3, -0.25) is 4.90 Å². The first kappa shape index (κ1) is 19.2. The molecular weight excluding hydrogens is 322 g/mol. The highest BCUT2D eigenvalue weighted by molar-refractivity contribution is 5.01. The average molecular weight is 364 g/mol. The summed E-state index contributed by atoms with van der Waals surface area (Å²) in [6, 6.07) is 0. The Labute approximate surface area is 160 Å². The summed E-state index contributed by atoms with van der Waals surface area (Å²) in [5, 5.41) is 10.7. The molecule has 0 amide bonds. The zero-order chi connectivity index (χ0) is 18.6. The van der Waals surface area contributed by atoms with Gasteiger partial charge in [-0.2, -0.15) is 0 Å². The summed E-state index contributed by atoms with van der Waals surface area (Å²) in [5.74, 6) is 2.93. The predicted molar refractivity (Wildman–Crippen MR) is 106 cm³/mol. The van der Waals surface area contributed by atoms with Crippen LogP contribution in [-0.2, 0) is 4.74 Å². The van der Waals surface area contributed by atoms with Gasteiger partial charge in [0.15, 0.2) is 0 Å². The highest BCUT2D eigenvalue weighted by Crippen LogP contribution is 2.60. The van der Waals surface area contributed by atoms with Gasteiger partial charge in [0.1, 0.15) is 0 Å². The fourth-order valence-electron chi connectivity index (χ4n) is 7.68. The zero-order valence-electron chi connectivity index (χ0n) is 17.6. The van der Waals surface area contributed by atoms with E-state index in [4.69, 9.17) is 4.74 Å². The number of aliphatic hydroxyl groups excluding tert-OH is 1. The molecule has 4 bridgehead atoms. The molecule has 5 rings (SSSR count). The lowest BCUT2D eigenvalue weighted by Gasteiger charge is -2.56. The minimum absolute atomic E-state index is 0.169. The topological polar surface area (TPSA) is 32.7 Å². The summed E-state index contributed by atoms with van der Waals surface area (Å²) < 4.78 is 6.18. The van der Waals surface area contributed by atoms with Gasteiger partial charge in [0.05, 0.1) is 19.3 Å². The van der Waals surface area contributed by atoms with Crippen LogP contribution in [-0.4, -0.2) is 46.9 Å². The third kappa shape index (κ3) is 3.73. The number of hydrogen-bond acceptors (Lipinski definition) is 3. The molecule has 3 nitrogen and oxygen atoms in total. The van der Waals surface area contributed by atoms with Crippen LogP contribution in [0.4, 0.5) is 0 Å². The molecule has 0 aromatic heterocycles. The Bertz CT molecular complexity index is 461. The third-order valence-electron chi connectivity index (χ3n) is 8.32. The van der Waals surface area contributed by atoms with E-state index in [-0.39, 0.29) is 17.2 Å². The first-order valence-electron chi connectivity index (χ1n) is 11.2. The lowest BCUT2D eigenvalue weighted by Crippen LogP contribution is -2.60. The molecule has 0 spiro atoms. The number of β-amino-alcohol motifs (C(OH)–C–C–N with tert-alkyl or cyclic N) is 1. The van der Waals surface area contributed by atoms with E-state index in [1.165, 1.54) is 57.8 Å². The van der Waals surface area contributed by atoms with Gasteiger partial charge in [-0.15, -0.1) is 0 Å². The number of rotatable bonds is 6. The molecule has 1 heterocycles. The van der Waals surface area contributed by atoms with E-state index in [2.05, 4.69) is 32.6 Å². The summed E-state index contributed by atoms with van der Waals surface area (Å²) in [5.41, 5.74) is 0.795. The molecule has 150 valence electrons. The van der Waals surface area contributed by atoms with Gasteiger partial charge >= 0.3 is 0 Å². The van der Waals surface area contributed by atoms with Crippen molar-refractivity contribution in [3.63, 3.8) is 0 Å². The van der Waals surface area contributed by atoms with Crippen LogP contribution in [0.3, 0.4) is 0 Å². The Morgan fingerprint density at radius 1 is 0.923 bits per heavy atom. The number of nitrogens with zero attached hydrogens (tertiary/aromatic N) is 1. The Balaban J connectivity index is 1.28. The Morgan fingerprint density at radius 2 is 1.42 bits per heavy atom. The quantitative estimate of drug-likeness (QED) is 0.747. The molecule has 3 heteroatoms. The van der Waals surface area contributed by atoms with E-state index in [1.807, 2.05) is 0 Å². The third-order valence-corrected chi connectivity index (χ3v) is 8.32. The van der Waals surface area contributed by atoms with Gasteiger partial charge in [-0.25, -0.2) is 0 Å². The maximum Gasteiger partial charge on any atom is 0.0900 e. The summed E-state index contributed by atoms with van der Waals surface area (Å²) in [4.78, 5) is 2.53. The predicted octanol–water partition coefficient (Wildman–Crippen LogP) is 4.62. The van der Waals surface area contributed by atoms with Gasteiger partial charge in [0.2, 0.25) is 0 Å². The van der Waals surface area contributed by atoms with Crippen molar-refractivity contribution in [1.29, 1.82) is 0 Å². The van der Waals surface area contributed by atoms with Crippen molar-refractivity contribution in [2.75, 3.05) is 19.8 Å². The van der Waals surface area contributed by atoms with Crippen LogP contribution in [0.2, 0.25) is 0 Å². The largest absolute Gasteiger partial charge is 0.389 e. The van der Waals surface area contributed by atoms with E-state index in [0.29, 0.717) is 12.0 Å². The van der Waals surface area contributed by atoms with Crippen LogP contribution >= 0.6 is 0 Å². The Hall–Kier alpha value is -0.120. The van der Waals surface area contributed by atoms with E-state index in [1.54, 1.807) is 0 Å². The summed E-state index contributed by atoms with van der Waals surface area (Å²) in [7, 11) is 0. The molecule has 1 aliphatic heterocycles. The second kappa shape index (κ2) is 6.74. The minimum Gasteiger partial charge on any atom is -0.389 e. The van der Waals surface area contributed by atoms with Crippen molar-refractivity contribution in [1.82, 2.24) is 4.90 Å². The molecule has 0 aromatic rings. The number of likely N-dealkylation sites (tertiary alicyclic amines) is 1. The minimum atomic E-state index is -0.374. The molecular formula is C23H41NO2. The molecule has 5 aliphatic rings. The summed E-state index contributed by atoms with van der Waals surface area (Å²) >= 11 is 0. The highest BCUT2D eigenvalue weighted by Gasteiger charge is 2.51. The van der Waals surface area contributed by atoms with Crippen LogP contribution in [0.25, 0.3) is 0 Å². The zero-order valence-corrected chi connectivity index (χ0v) is 17.6. The summed E-state index contributed by atoms with van der Waals surface area (Å²) in [6.07, 6.45) is 12.0. The van der Waals surface area contributed by atoms with E-state index in [0.717, 1.165) is 30.9 Å². The molecule has 0 radical (unpaired) electrons. The average Bonchev–Trinajstić information content (AvgIpc) is 2.49. The van der Waals surface area contributed by atoms with Crippen LogP contribution in [0.1, 0.15) is 85.5 Å². The van der Waals surface area contributed by atoms with Gasteiger partial charge in [-0.1, -0.05) is 0 Å². The van der Waals surface area contributed by atoms with Crippen LogP contribution in [0.15, 0.2) is 0 Å². The fourth-order valence-corrected chi connectivity index (χ4v) is 7.68. The number of ether oxygens (including phenoxy) is 1. The van der Waals surface area contributed by atoms with Crippen molar-refractivity contribution in [3.05, 3.63) is 0 Å². The highest BCUT2D eigenvalue weighted by atomic mass is 16.5. The molecule has 1 N–H and O–H groups in total. The van der Waals surface area contributed by atoms with Gasteiger partial charge in [0.25, 0.3) is 0 Å². The van der Waals surface area contributed by atoms with E-state index >= 15 is 0 Å². The van der Waals surface area contributed by atoms with Gasteiger partial charge in [0, 0.05) is 17.6 Å². The standard InChI is InChI=1S/C23H41NO2/c1-21(2)6-5-7-22(3,4)24(21)14-20(25)15-26-16-23-11-17-8-18(12-23)10-19(9-17)13-23/h17-20,25H,5-16H2,1-4H3/t17?,18?,19?,20-,23?/m1/s1. The maximum atomic E-state index is 10.7. The van der Waals surface area contributed by atoms with Crippen molar-refractivity contribution < 1.29 is 9.84 Å². The number of piperidine rings is 1. The first-order chi connectivity index (χ1) is 12.2. The molecule has 4 saturated carbocycles. The van der Waals surface area contributed by atoms with E-state index < -0.39 is 0 Å². The SMILES string of the molecule is CC1(C)CCCC(C)(C)N1C[C@@H](O)COCC12CC3CC(CC(C3)C1)C2. The van der Waals surface area contributed by atoms with Crippen molar-refractivity contribution in [3.8, 4) is 0 Å². The van der Waals surface area contributed by atoms with Crippen LogP contribution in [0, 0.1) is 23.2 Å². The molecule has 5 fully saturated rings. The van der Waals surface area contributed by atoms with E-state index in [9.17, 15) is 5.11 Å². The summed E-state index contributed by atoms with van der Waals surface area (Å²) in [6.45, 7) is 11.5. The second-order valence-electron chi connectivity index (χ2n) is 11.7. The molecule has 4 aliphatic carbocycles. The molecule has 0 unspecified atom stereocenters. The fraction of sp³-hybridized carbons (Fsp3) is 1.00. The normalized spacial score (nSPS) is 42.1. The van der Waals surface area contributed by atoms with Gasteiger partial charge < -0.3 is 9.84 Å². The molecule has 0 aromatic carbocycles. The molecule has 1 saturated heterocycles. The first-order valence-corrected chi connectivity index (χ1v) is 11.2. The van der Waals surface area contributed by atoms with Crippen LogP contribution < -0.4 is 0 Å². The lowest BCUT2D eigenvalue weighted by molar-refractivity contribution is -0.114. The van der Waals surface area contributed by atoms with Crippen molar-refractivity contribution in [2.45, 2.75) is 103 Å². The lowest BCUT2D eigenvalue weighted by atomic mass is 9.50.